The van der Waals surface area contributed by atoms with Crippen molar-refractivity contribution in [2.45, 2.75) is 37.1 Å². The van der Waals surface area contributed by atoms with Crippen molar-refractivity contribution in [2.24, 2.45) is 0 Å². The molecule has 2 saturated heterocycles. The van der Waals surface area contributed by atoms with E-state index in [1.54, 1.807) is 0 Å². The molecule has 3 unspecified atom stereocenters. The zero-order chi connectivity index (χ0) is 12.9. The minimum Gasteiger partial charge on any atom is -0.385 e. The standard InChI is InChI=1S/C16H18O3/c17-16(8-13-10-19-13)6-5-11(7-12-9-18-12)14-3-1-2-4-15(14)16/h1-5,12-13,17H,6-10H2. The van der Waals surface area contributed by atoms with Crippen LogP contribution in [0.3, 0.4) is 0 Å². The number of fused-ring (bicyclic) bond motifs is 1. The lowest BCUT2D eigenvalue weighted by atomic mass is 9.76. The Hall–Kier alpha value is -1.16. The first kappa shape index (κ1) is 11.6. The quantitative estimate of drug-likeness (QED) is 0.842. The van der Waals surface area contributed by atoms with E-state index in [2.05, 4.69) is 18.2 Å². The second kappa shape index (κ2) is 4.17. The molecule has 0 spiro atoms. The Balaban J connectivity index is 1.68. The molecule has 0 aromatic heterocycles. The van der Waals surface area contributed by atoms with Crippen LogP contribution in [0.4, 0.5) is 0 Å². The monoisotopic (exact) mass is 258 g/mol. The summed E-state index contributed by atoms with van der Waals surface area (Å²) in [5.74, 6) is 0. The van der Waals surface area contributed by atoms with Gasteiger partial charge in [0.25, 0.3) is 0 Å². The van der Waals surface area contributed by atoms with E-state index in [-0.39, 0.29) is 6.10 Å². The topological polar surface area (TPSA) is 45.3 Å². The van der Waals surface area contributed by atoms with Gasteiger partial charge in [-0.3, -0.25) is 0 Å². The fraction of sp³-hybridized carbons (Fsp3) is 0.500. The van der Waals surface area contributed by atoms with Gasteiger partial charge in [0.05, 0.1) is 31.0 Å². The zero-order valence-corrected chi connectivity index (χ0v) is 10.8. The molecule has 2 heterocycles. The van der Waals surface area contributed by atoms with Crippen molar-refractivity contribution in [1.29, 1.82) is 0 Å². The fourth-order valence-electron chi connectivity index (χ4n) is 3.06. The third-order valence-corrected chi connectivity index (χ3v) is 4.28. The number of hydrogen-bond donors (Lipinski definition) is 1. The molecular weight excluding hydrogens is 240 g/mol. The maximum absolute atomic E-state index is 10.9. The lowest BCUT2D eigenvalue weighted by molar-refractivity contribution is 0.0213. The van der Waals surface area contributed by atoms with Crippen LogP contribution < -0.4 is 0 Å². The molecule has 1 aliphatic carbocycles. The molecule has 1 N–H and O–H groups in total. The average Bonchev–Trinajstić information content (AvgIpc) is 3.29. The van der Waals surface area contributed by atoms with Crippen molar-refractivity contribution < 1.29 is 14.6 Å². The number of hydrogen-bond acceptors (Lipinski definition) is 3. The first-order valence-electron chi connectivity index (χ1n) is 6.99. The zero-order valence-electron chi connectivity index (χ0n) is 10.8. The van der Waals surface area contributed by atoms with Gasteiger partial charge in [-0.05, 0) is 23.1 Å². The summed E-state index contributed by atoms with van der Waals surface area (Å²) in [7, 11) is 0. The van der Waals surface area contributed by atoms with Gasteiger partial charge in [0, 0.05) is 12.8 Å². The molecule has 3 heteroatoms. The summed E-state index contributed by atoms with van der Waals surface area (Å²) >= 11 is 0. The summed E-state index contributed by atoms with van der Waals surface area (Å²) in [6.45, 7) is 1.66. The smallest absolute Gasteiger partial charge is 0.0962 e. The summed E-state index contributed by atoms with van der Waals surface area (Å²) in [5, 5.41) is 10.9. The van der Waals surface area contributed by atoms with Crippen LogP contribution in [-0.2, 0) is 15.1 Å². The Labute approximate surface area is 112 Å². The molecule has 1 aromatic carbocycles. The van der Waals surface area contributed by atoms with E-state index >= 15 is 0 Å². The van der Waals surface area contributed by atoms with E-state index in [0.717, 1.165) is 25.2 Å². The van der Waals surface area contributed by atoms with E-state index in [4.69, 9.17) is 9.47 Å². The lowest BCUT2D eigenvalue weighted by Crippen LogP contribution is -2.30. The molecule has 2 fully saturated rings. The van der Waals surface area contributed by atoms with Crippen LogP contribution in [-0.4, -0.2) is 30.5 Å². The highest BCUT2D eigenvalue weighted by Gasteiger charge is 2.41. The molecule has 3 nitrogen and oxygen atoms in total. The van der Waals surface area contributed by atoms with Crippen molar-refractivity contribution >= 4 is 5.57 Å². The van der Waals surface area contributed by atoms with E-state index in [9.17, 15) is 5.11 Å². The molecule has 0 saturated carbocycles. The van der Waals surface area contributed by atoms with E-state index in [0.29, 0.717) is 18.9 Å². The summed E-state index contributed by atoms with van der Waals surface area (Å²) in [4.78, 5) is 0. The Morgan fingerprint density at radius 2 is 1.89 bits per heavy atom. The first-order valence-corrected chi connectivity index (χ1v) is 6.99. The number of epoxide rings is 2. The number of rotatable bonds is 4. The molecule has 1 aromatic rings. The van der Waals surface area contributed by atoms with Gasteiger partial charge in [0.15, 0.2) is 0 Å². The molecular formula is C16H18O3. The highest BCUT2D eigenvalue weighted by atomic mass is 16.6. The van der Waals surface area contributed by atoms with Gasteiger partial charge < -0.3 is 14.6 Å². The normalized spacial score (nSPS) is 35.5. The van der Waals surface area contributed by atoms with Gasteiger partial charge in [0.1, 0.15) is 0 Å². The number of ether oxygens (including phenoxy) is 2. The maximum atomic E-state index is 10.9. The van der Waals surface area contributed by atoms with Crippen molar-refractivity contribution in [1.82, 2.24) is 0 Å². The van der Waals surface area contributed by atoms with E-state index < -0.39 is 5.60 Å². The molecule has 0 amide bonds. The largest absolute Gasteiger partial charge is 0.385 e. The summed E-state index contributed by atoms with van der Waals surface area (Å²) in [5.41, 5.74) is 2.81. The van der Waals surface area contributed by atoms with Crippen LogP contribution in [0.15, 0.2) is 30.3 Å². The SMILES string of the molecule is OC1(CC2CO2)CC=C(CC2CO2)c2ccccc21. The molecule has 3 aliphatic rings. The van der Waals surface area contributed by atoms with Crippen molar-refractivity contribution in [3.8, 4) is 0 Å². The van der Waals surface area contributed by atoms with Crippen LogP contribution in [0.5, 0.6) is 0 Å². The second-order valence-corrected chi connectivity index (χ2v) is 5.83. The molecule has 3 atom stereocenters. The Morgan fingerprint density at radius 3 is 2.63 bits per heavy atom. The van der Waals surface area contributed by atoms with Crippen LogP contribution in [0.1, 0.15) is 30.4 Å². The number of aliphatic hydroxyl groups is 1. The minimum absolute atomic E-state index is 0.236. The van der Waals surface area contributed by atoms with E-state index in [1.807, 2.05) is 12.1 Å². The highest BCUT2D eigenvalue weighted by molar-refractivity contribution is 5.72. The van der Waals surface area contributed by atoms with Crippen molar-refractivity contribution in [2.75, 3.05) is 13.2 Å². The minimum atomic E-state index is -0.758. The van der Waals surface area contributed by atoms with Crippen molar-refractivity contribution in [3.63, 3.8) is 0 Å². The van der Waals surface area contributed by atoms with Gasteiger partial charge in [-0.2, -0.15) is 0 Å². The predicted octanol–water partition coefficient (Wildman–Crippen LogP) is 2.24. The summed E-state index contributed by atoms with van der Waals surface area (Å²) in [6.07, 6.45) is 5.16. The van der Waals surface area contributed by atoms with Gasteiger partial charge in [-0.25, -0.2) is 0 Å². The van der Waals surface area contributed by atoms with Gasteiger partial charge >= 0.3 is 0 Å². The van der Waals surface area contributed by atoms with Crippen LogP contribution in [0, 0.1) is 0 Å². The maximum Gasteiger partial charge on any atom is 0.0962 e. The van der Waals surface area contributed by atoms with Gasteiger partial charge in [0.2, 0.25) is 0 Å². The number of benzene rings is 1. The fourth-order valence-corrected chi connectivity index (χ4v) is 3.06. The predicted molar refractivity (Wildman–Crippen MR) is 71.6 cm³/mol. The summed E-state index contributed by atoms with van der Waals surface area (Å²) in [6, 6.07) is 8.22. The molecule has 0 radical (unpaired) electrons. The van der Waals surface area contributed by atoms with Crippen LogP contribution in [0.25, 0.3) is 5.57 Å². The van der Waals surface area contributed by atoms with E-state index in [1.165, 1.54) is 11.1 Å². The first-order chi connectivity index (χ1) is 9.24. The molecule has 0 bridgehead atoms. The molecule has 4 rings (SSSR count). The molecule has 100 valence electrons. The van der Waals surface area contributed by atoms with Gasteiger partial charge in [-0.15, -0.1) is 0 Å². The Bertz CT molecular complexity index is 529. The summed E-state index contributed by atoms with van der Waals surface area (Å²) < 4.78 is 10.6. The third-order valence-electron chi connectivity index (χ3n) is 4.28. The average molecular weight is 258 g/mol. The van der Waals surface area contributed by atoms with Crippen LogP contribution >= 0.6 is 0 Å². The third kappa shape index (κ3) is 2.22. The van der Waals surface area contributed by atoms with Crippen molar-refractivity contribution in [3.05, 3.63) is 41.5 Å². The molecule has 2 aliphatic heterocycles. The second-order valence-electron chi connectivity index (χ2n) is 5.83. The van der Waals surface area contributed by atoms with Crippen LogP contribution in [0.2, 0.25) is 0 Å². The Kier molecular flexibility index (Phi) is 2.56. The molecule has 19 heavy (non-hydrogen) atoms. The Morgan fingerprint density at radius 1 is 1.16 bits per heavy atom. The lowest BCUT2D eigenvalue weighted by Gasteiger charge is -2.33. The van der Waals surface area contributed by atoms with Gasteiger partial charge in [-0.1, -0.05) is 30.3 Å². The highest BCUT2D eigenvalue weighted by Crippen LogP contribution is 2.44.